The van der Waals surface area contributed by atoms with E-state index in [-0.39, 0.29) is 5.92 Å². The van der Waals surface area contributed by atoms with Crippen LogP contribution in [0.4, 0.5) is 5.69 Å². The standard InChI is InChI=1S/C14H15BrNO2/c15-14-12(5-8-18-14)11-3-1-2-4-13(11)16-6-9-17-10-7-16/h1-5,8,12H,6-7,9-10H2. The first-order valence-electron chi connectivity index (χ1n) is 6.13. The molecular weight excluding hydrogens is 294 g/mol. The molecule has 1 aromatic rings. The van der Waals surface area contributed by atoms with E-state index in [4.69, 9.17) is 9.47 Å². The zero-order chi connectivity index (χ0) is 12.4. The van der Waals surface area contributed by atoms with Crippen molar-refractivity contribution in [3.8, 4) is 0 Å². The van der Waals surface area contributed by atoms with E-state index < -0.39 is 0 Å². The summed E-state index contributed by atoms with van der Waals surface area (Å²) in [5.41, 5.74) is 2.55. The molecule has 3 nitrogen and oxygen atoms in total. The van der Waals surface area contributed by atoms with Crippen LogP contribution in [0.25, 0.3) is 0 Å². The van der Waals surface area contributed by atoms with Gasteiger partial charge in [0.05, 0.1) is 25.4 Å². The molecule has 1 atom stereocenters. The molecule has 95 valence electrons. The molecule has 4 heteroatoms. The molecule has 0 saturated carbocycles. The molecule has 2 aliphatic rings. The summed E-state index contributed by atoms with van der Waals surface area (Å²) in [6.45, 7) is 3.50. The molecule has 0 N–H and O–H groups in total. The number of hydrogen-bond donors (Lipinski definition) is 0. The number of nitrogens with zero attached hydrogens (tertiary/aromatic N) is 1. The van der Waals surface area contributed by atoms with E-state index in [9.17, 15) is 0 Å². The van der Waals surface area contributed by atoms with Crippen LogP contribution in [0.5, 0.6) is 0 Å². The monoisotopic (exact) mass is 308 g/mol. The van der Waals surface area contributed by atoms with Gasteiger partial charge < -0.3 is 14.4 Å². The van der Waals surface area contributed by atoms with Crippen molar-refractivity contribution in [3.05, 3.63) is 47.2 Å². The van der Waals surface area contributed by atoms with E-state index in [2.05, 4.69) is 51.2 Å². The maximum atomic E-state index is 5.41. The number of hydrogen-bond acceptors (Lipinski definition) is 3. The fraction of sp³-hybridized carbons (Fsp3) is 0.357. The molecule has 2 heterocycles. The molecule has 0 spiro atoms. The van der Waals surface area contributed by atoms with Crippen molar-refractivity contribution in [2.24, 2.45) is 0 Å². The second-order valence-electron chi connectivity index (χ2n) is 4.39. The van der Waals surface area contributed by atoms with Gasteiger partial charge in [-0.1, -0.05) is 18.2 Å². The Kier molecular flexibility index (Phi) is 3.57. The summed E-state index contributed by atoms with van der Waals surface area (Å²) in [5.74, 6) is 0.198. The Balaban J connectivity index is 1.91. The van der Waals surface area contributed by atoms with Crippen molar-refractivity contribution in [3.63, 3.8) is 0 Å². The Hall–Kier alpha value is -1.00. The normalized spacial score (nSPS) is 24.3. The fourth-order valence-electron chi connectivity index (χ4n) is 2.40. The second kappa shape index (κ2) is 5.33. The first-order chi connectivity index (χ1) is 8.86. The minimum Gasteiger partial charge on any atom is -0.478 e. The number of benzene rings is 1. The number of ether oxygens (including phenoxy) is 2. The minimum absolute atomic E-state index is 0.198. The number of para-hydroxylation sites is 1. The van der Waals surface area contributed by atoms with Gasteiger partial charge >= 0.3 is 0 Å². The van der Waals surface area contributed by atoms with E-state index in [1.54, 1.807) is 6.26 Å². The maximum Gasteiger partial charge on any atom is 0.222 e. The van der Waals surface area contributed by atoms with Crippen LogP contribution in [-0.4, -0.2) is 26.3 Å². The third-order valence-electron chi connectivity index (χ3n) is 3.32. The summed E-state index contributed by atoms with van der Waals surface area (Å²) in [7, 11) is 0. The lowest BCUT2D eigenvalue weighted by Crippen LogP contribution is -2.37. The van der Waals surface area contributed by atoms with Gasteiger partial charge in [0.2, 0.25) is 5.01 Å². The van der Waals surface area contributed by atoms with E-state index >= 15 is 0 Å². The van der Waals surface area contributed by atoms with Crippen LogP contribution in [0.2, 0.25) is 0 Å². The van der Waals surface area contributed by atoms with Gasteiger partial charge in [-0.05, 0) is 33.6 Å². The molecule has 0 aromatic heterocycles. The van der Waals surface area contributed by atoms with Crippen LogP contribution < -0.4 is 4.90 Å². The molecule has 18 heavy (non-hydrogen) atoms. The predicted octanol–water partition coefficient (Wildman–Crippen LogP) is 3.04. The van der Waals surface area contributed by atoms with Gasteiger partial charge in [0.1, 0.15) is 0 Å². The summed E-state index contributed by atoms with van der Waals surface area (Å²) < 4.78 is 10.8. The van der Waals surface area contributed by atoms with Crippen molar-refractivity contribution in [2.45, 2.75) is 5.92 Å². The molecule has 1 fully saturated rings. The van der Waals surface area contributed by atoms with Crippen LogP contribution in [0.3, 0.4) is 0 Å². The van der Waals surface area contributed by atoms with Gasteiger partial charge in [0.25, 0.3) is 0 Å². The zero-order valence-electron chi connectivity index (χ0n) is 10.0. The first-order valence-corrected chi connectivity index (χ1v) is 6.93. The SMILES string of the molecule is Br[C]1OC=CC1c1ccccc1N1CCOCC1. The van der Waals surface area contributed by atoms with Crippen molar-refractivity contribution in [1.82, 2.24) is 0 Å². The molecule has 1 unspecified atom stereocenters. The number of halogens is 1. The van der Waals surface area contributed by atoms with Crippen LogP contribution in [0, 0.1) is 5.01 Å². The lowest BCUT2D eigenvalue weighted by atomic mass is 9.98. The van der Waals surface area contributed by atoms with E-state index in [1.165, 1.54) is 11.3 Å². The number of morpholine rings is 1. The van der Waals surface area contributed by atoms with Crippen molar-refractivity contribution >= 4 is 21.6 Å². The van der Waals surface area contributed by atoms with Crippen LogP contribution in [-0.2, 0) is 9.47 Å². The van der Waals surface area contributed by atoms with Gasteiger partial charge in [0.15, 0.2) is 0 Å². The Morgan fingerprint density at radius 3 is 2.67 bits per heavy atom. The van der Waals surface area contributed by atoms with Gasteiger partial charge in [0, 0.05) is 18.8 Å². The Morgan fingerprint density at radius 1 is 1.17 bits per heavy atom. The Morgan fingerprint density at radius 2 is 1.94 bits per heavy atom. The third-order valence-corrected chi connectivity index (χ3v) is 4.00. The average molecular weight is 309 g/mol. The molecule has 0 bridgehead atoms. The summed E-state index contributed by atoms with van der Waals surface area (Å²) in [4.78, 5) is 2.38. The van der Waals surface area contributed by atoms with E-state index in [0.29, 0.717) is 0 Å². The van der Waals surface area contributed by atoms with Crippen LogP contribution >= 0.6 is 15.9 Å². The van der Waals surface area contributed by atoms with Crippen LogP contribution in [0.15, 0.2) is 36.6 Å². The van der Waals surface area contributed by atoms with E-state index in [0.717, 1.165) is 31.3 Å². The molecule has 3 rings (SSSR count). The molecular formula is C14H15BrNO2. The molecule has 0 aliphatic carbocycles. The number of rotatable bonds is 2. The zero-order valence-corrected chi connectivity index (χ0v) is 11.6. The highest BCUT2D eigenvalue weighted by atomic mass is 79.9. The minimum atomic E-state index is 0.198. The van der Waals surface area contributed by atoms with Gasteiger partial charge in [-0.3, -0.25) is 0 Å². The van der Waals surface area contributed by atoms with Gasteiger partial charge in [-0.2, -0.15) is 0 Å². The fourth-order valence-corrected chi connectivity index (χ4v) is 2.91. The molecule has 1 radical (unpaired) electrons. The average Bonchev–Trinajstić information content (AvgIpc) is 2.86. The summed E-state index contributed by atoms with van der Waals surface area (Å²) in [6.07, 6.45) is 3.81. The van der Waals surface area contributed by atoms with Gasteiger partial charge in [-0.25, -0.2) is 0 Å². The second-order valence-corrected chi connectivity index (χ2v) is 5.17. The molecule has 2 aliphatic heterocycles. The molecule has 0 amide bonds. The molecule has 1 aromatic carbocycles. The first kappa shape index (κ1) is 12.1. The maximum absolute atomic E-state index is 5.41. The predicted molar refractivity (Wildman–Crippen MR) is 74.6 cm³/mol. The Labute approximate surface area is 116 Å². The smallest absolute Gasteiger partial charge is 0.222 e. The van der Waals surface area contributed by atoms with Crippen molar-refractivity contribution in [2.75, 3.05) is 31.2 Å². The van der Waals surface area contributed by atoms with Gasteiger partial charge in [-0.15, -0.1) is 0 Å². The summed E-state index contributed by atoms with van der Waals surface area (Å²) in [5, 5.41) is 0.864. The topological polar surface area (TPSA) is 21.7 Å². The summed E-state index contributed by atoms with van der Waals surface area (Å²) in [6, 6.07) is 8.50. The van der Waals surface area contributed by atoms with Crippen molar-refractivity contribution < 1.29 is 9.47 Å². The highest BCUT2D eigenvalue weighted by molar-refractivity contribution is 9.11. The third kappa shape index (κ3) is 2.27. The number of anilines is 1. The quantitative estimate of drug-likeness (QED) is 0.838. The highest BCUT2D eigenvalue weighted by Gasteiger charge is 2.28. The largest absolute Gasteiger partial charge is 0.478 e. The highest BCUT2D eigenvalue weighted by Crippen LogP contribution is 2.42. The van der Waals surface area contributed by atoms with Crippen molar-refractivity contribution in [1.29, 1.82) is 0 Å². The Bertz CT molecular complexity index is 443. The lowest BCUT2D eigenvalue weighted by Gasteiger charge is -2.31. The summed E-state index contributed by atoms with van der Waals surface area (Å²) >= 11 is 3.49. The van der Waals surface area contributed by atoms with Crippen LogP contribution in [0.1, 0.15) is 11.5 Å². The molecule has 1 saturated heterocycles. The lowest BCUT2D eigenvalue weighted by molar-refractivity contribution is 0.122. The van der Waals surface area contributed by atoms with E-state index in [1.807, 2.05) is 0 Å².